The molecular formula is C46H52F2N6O10S2. The third-order valence-electron chi connectivity index (χ3n) is 9.99. The topological polar surface area (TPSA) is 204 Å². The molecule has 0 fully saturated rings. The molecule has 66 heavy (non-hydrogen) atoms. The van der Waals surface area contributed by atoms with Gasteiger partial charge in [-0.1, -0.05) is 48.5 Å². The Balaban J connectivity index is 0.000000247. The van der Waals surface area contributed by atoms with E-state index in [9.17, 15) is 35.8 Å². The molecule has 352 valence electrons. The van der Waals surface area contributed by atoms with Crippen LogP contribution in [0.2, 0.25) is 0 Å². The number of benzene rings is 4. The van der Waals surface area contributed by atoms with Crippen molar-refractivity contribution in [2.24, 2.45) is 0 Å². The second-order valence-corrected chi connectivity index (χ2v) is 19.4. The second-order valence-electron chi connectivity index (χ2n) is 15.4. The van der Waals surface area contributed by atoms with E-state index in [1.165, 1.54) is 22.5 Å². The summed E-state index contributed by atoms with van der Waals surface area (Å²) < 4.78 is 103. The van der Waals surface area contributed by atoms with E-state index in [4.69, 9.17) is 18.9 Å². The third kappa shape index (κ3) is 14.4. The Labute approximate surface area is 383 Å². The average molecular weight is 951 g/mol. The Bertz CT molecular complexity index is 2390. The summed E-state index contributed by atoms with van der Waals surface area (Å²) in [6, 6.07) is 28.2. The maximum absolute atomic E-state index is 13.4. The SMILES string of the molecule is COc1ccc(CN(Cc2ccc(OC)cc2)S(=O)(=O)C[C@@](C)(O)c2ncc(F)cn2)cc1.COc1ccc(CN(Cc2ccc(OC)cc2)S(=O)(=O)C[C@](C)(O)c2ncc(F)cn2)cc1. The molecule has 6 rings (SSSR count). The Hall–Kier alpha value is -6.16. The molecule has 0 aliphatic rings. The van der Waals surface area contributed by atoms with Crippen molar-refractivity contribution in [2.45, 2.75) is 51.2 Å². The quantitative estimate of drug-likeness (QED) is 0.0937. The van der Waals surface area contributed by atoms with Crippen LogP contribution in [0.4, 0.5) is 8.78 Å². The molecule has 0 saturated carbocycles. The lowest BCUT2D eigenvalue weighted by atomic mass is 10.1. The van der Waals surface area contributed by atoms with Crippen molar-refractivity contribution in [3.05, 3.63) is 167 Å². The van der Waals surface area contributed by atoms with Gasteiger partial charge in [-0.15, -0.1) is 0 Å². The molecule has 4 aromatic carbocycles. The molecule has 0 unspecified atom stereocenters. The van der Waals surface area contributed by atoms with E-state index in [0.717, 1.165) is 47.0 Å². The normalized spacial score (nSPS) is 13.5. The van der Waals surface area contributed by atoms with Gasteiger partial charge in [-0.3, -0.25) is 0 Å². The summed E-state index contributed by atoms with van der Waals surface area (Å²) in [5.74, 6) is -0.479. The predicted octanol–water partition coefficient (Wildman–Crippen LogP) is 5.75. The van der Waals surface area contributed by atoms with Crippen LogP contribution < -0.4 is 18.9 Å². The van der Waals surface area contributed by atoms with Crippen LogP contribution in [-0.2, 0) is 57.4 Å². The van der Waals surface area contributed by atoms with E-state index in [0.29, 0.717) is 23.0 Å². The lowest BCUT2D eigenvalue weighted by Crippen LogP contribution is -2.41. The summed E-state index contributed by atoms with van der Waals surface area (Å²) in [4.78, 5) is 15.0. The average Bonchev–Trinajstić information content (AvgIpc) is 3.29. The van der Waals surface area contributed by atoms with Crippen LogP contribution in [0.25, 0.3) is 0 Å². The van der Waals surface area contributed by atoms with E-state index in [2.05, 4.69) is 19.9 Å². The summed E-state index contributed by atoms with van der Waals surface area (Å²) in [5, 5.41) is 21.7. The Morgan fingerprint density at radius 1 is 0.455 bits per heavy atom. The van der Waals surface area contributed by atoms with Crippen molar-refractivity contribution in [3.63, 3.8) is 0 Å². The number of hydrogen-bond donors (Lipinski definition) is 2. The fraction of sp³-hybridized carbons (Fsp3) is 0.304. The molecule has 2 atom stereocenters. The highest BCUT2D eigenvalue weighted by atomic mass is 32.2. The first kappa shape index (κ1) is 50.8. The van der Waals surface area contributed by atoms with Gasteiger partial charge in [0.1, 0.15) is 45.7 Å². The zero-order valence-electron chi connectivity index (χ0n) is 37.2. The van der Waals surface area contributed by atoms with E-state index in [1.54, 1.807) is 126 Å². The summed E-state index contributed by atoms with van der Waals surface area (Å²) in [5.41, 5.74) is -0.887. The molecule has 0 aliphatic carbocycles. The van der Waals surface area contributed by atoms with Gasteiger partial charge in [0.25, 0.3) is 0 Å². The van der Waals surface area contributed by atoms with Gasteiger partial charge >= 0.3 is 0 Å². The second kappa shape index (κ2) is 22.4. The number of hydrogen-bond acceptors (Lipinski definition) is 14. The van der Waals surface area contributed by atoms with Gasteiger partial charge in [0, 0.05) is 26.2 Å². The maximum atomic E-state index is 13.4. The minimum atomic E-state index is -4.02. The fourth-order valence-electron chi connectivity index (χ4n) is 6.45. The van der Waals surface area contributed by atoms with Gasteiger partial charge in [-0.2, -0.15) is 8.61 Å². The Morgan fingerprint density at radius 2 is 0.667 bits per heavy atom. The van der Waals surface area contributed by atoms with Crippen LogP contribution in [0, 0.1) is 11.6 Å². The highest BCUT2D eigenvalue weighted by molar-refractivity contribution is 7.89. The van der Waals surface area contributed by atoms with Gasteiger partial charge in [0.15, 0.2) is 23.3 Å². The van der Waals surface area contributed by atoms with Gasteiger partial charge in [0.05, 0.1) is 53.2 Å². The minimum Gasteiger partial charge on any atom is -0.497 e. The van der Waals surface area contributed by atoms with Crippen LogP contribution >= 0.6 is 0 Å². The number of halogens is 2. The van der Waals surface area contributed by atoms with E-state index in [-0.39, 0.29) is 37.8 Å². The van der Waals surface area contributed by atoms with Crippen molar-refractivity contribution >= 4 is 20.0 Å². The molecule has 6 aromatic rings. The predicted molar refractivity (Wildman–Crippen MR) is 241 cm³/mol. The van der Waals surface area contributed by atoms with Crippen LogP contribution in [-0.4, -0.2) is 95.5 Å². The van der Waals surface area contributed by atoms with Crippen LogP contribution in [0.1, 0.15) is 47.8 Å². The van der Waals surface area contributed by atoms with Gasteiger partial charge in [0.2, 0.25) is 20.0 Å². The van der Waals surface area contributed by atoms with Crippen molar-refractivity contribution in [1.29, 1.82) is 0 Å². The highest BCUT2D eigenvalue weighted by Crippen LogP contribution is 2.27. The largest absolute Gasteiger partial charge is 0.497 e. The van der Waals surface area contributed by atoms with E-state index < -0.39 is 54.4 Å². The zero-order valence-corrected chi connectivity index (χ0v) is 38.8. The number of ether oxygens (including phenoxy) is 4. The zero-order chi connectivity index (χ0) is 48.1. The number of aromatic nitrogens is 4. The first-order valence-electron chi connectivity index (χ1n) is 20.1. The van der Waals surface area contributed by atoms with Gasteiger partial charge in [-0.05, 0) is 84.6 Å². The highest BCUT2D eigenvalue weighted by Gasteiger charge is 2.38. The molecular weight excluding hydrogens is 899 g/mol. The maximum Gasteiger partial charge on any atom is 0.218 e. The molecule has 20 heteroatoms. The smallest absolute Gasteiger partial charge is 0.218 e. The van der Waals surface area contributed by atoms with Gasteiger partial charge in [-0.25, -0.2) is 45.6 Å². The molecule has 16 nitrogen and oxygen atoms in total. The van der Waals surface area contributed by atoms with Gasteiger partial charge < -0.3 is 29.2 Å². The number of rotatable bonds is 20. The van der Waals surface area contributed by atoms with Crippen molar-refractivity contribution in [3.8, 4) is 23.0 Å². The fourth-order valence-corrected chi connectivity index (χ4v) is 9.87. The molecule has 0 radical (unpaired) electrons. The Kier molecular flexibility index (Phi) is 17.2. The summed E-state index contributed by atoms with van der Waals surface area (Å²) in [6.45, 7) is 2.85. The van der Waals surface area contributed by atoms with Crippen LogP contribution in [0.3, 0.4) is 0 Å². The minimum absolute atomic E-state index is 0.0682. The standard InChI is InChI=1S/2C23H26FN3O5S/c2*1-23(28,22-25-12-19(24)13-26-22)16-33(29,30)27(14-17-4-8-20(31-2)9-5-17)15-18-6-10-21(32-3)11-7-18/h2*4-13,28H,14-16H2,1-3H3/t2*23-/m10/s1. The van der Waals surface area contributed by atoms with Crippen molar-refractivity contribution < 1.29 is 54.8 Å². The van der Waals surface area contributed by atoms with Crippen LogP contribution in [0.15, 0.2) is 122 Å². The summed E-state index contributed by atoms with van der Waals surface area (Å²) in [6.07, 6.45) is 3.54. The number of aliphatic hydroxyl groups is 2. The lowest BCUT2D eigenvalue weighted by Gasteiger charge is -2.28. The molecule has 2 heterocycles. The van der Waals surface area contributed by atoms with Crippen molar-refractivity contribution in [1.82, 2.24) is 28.5 Å². The number of sulfonamides is 2. The number of methoxy groups -OCH3 is 4. The van der Waals surface area contributed by atoms with E-state index >= 15 is 0 Å². The molecule has 0 amide bonds. The molecule has 0 saturated heterocycles. The third-order valence-corrected chi connectivity index (χ3v) is 13.9. The molecule has 0 aliphatic heterocycles. The molecule has 2 N–H and O–H groups in total. The summed E-state index contributed by atoms with van der Waals surface area (Å²) in [7, 11) is -1.84. The van der Waals surface area contributed by atoms with E-state index in [1.807, 2.05) is 0 Å². The monoisotopic (exact) mass is 950 g/mol. The molecule has 0 spiro atoms. The summed E-state index contributed by atoms with van der Waals surface area (Å²) >= 11 is 0. The first-order valence-corrected chi connectivity index (χ1v) is 23.4. The first-order chi connectivity index (χ1) is 31.2. The van der Waals surface area contributed by atoms with Crippen molar-refractivity contribution in [2.75, 3.05) is 39.9 Å². The lowest BCUT2D eigenvalue weighted by molar-refractivity contribution is 0.0697. The Morgan fingerprint density at radius 3 is 0.864 bits per heavy atom. The van der Waals surface area contributed by atoms with Crippen LogP contribution in [0.5, 0.6) is 23.0 Å². The number of nitrogens with zero attached hydrogens (tertiary/aromatic N) is 6. The molecule has 0 bridgehead atoms. The molecule has 2 aromatic heterocycles.